The van der Waals surface area contributed by atoms with Crippen LogP contribution < -0.4 is 20.3 Å². The van der Waals surface area contributed by atoms with E-state index in [1.807, 2.05) is 0 Å². The molecule has 0 aromatic heterocycles. The molecule has 2 aliphatic heterocycles. The number of halogens is 1. The molecular formula is C20H28FN5O4S2. The normalized spacial score (nSPS) is 22.9. The highest BCUT2D eigenvalue weighted by molar-refractivity contribution is 7.86. The molecule has 176 valence electrons. The van der Waals surface area contributed by atoms with Gasteiger partial charge in [-0.05, 0) is 31.0 Å². The first-order valence-corrected chi connectivity index (χ1v) is 12.7. The molecule has 1 atom stereocenters. The van der Waals surface area contributed by atoms with Crippen LogP contribution in [0.4, 0.5) is 20.6 Å². The summed E-state index contributed by atoms with van der Waals surface area (Å²) in [5.74, 6) is -0.0741. The minimum atomic E-state index is -3.74. The topological polar surface area (TPSA) is 108 Å². The number of carbonyl (C=O) groups excluding carboxylic acids is 1. The van der Waals surface area contributed by atoms with Gasteiger partial charge in [0.1, 0.15) is 11.9 Å². The van der Waals surface area contributed by atoms with E-state index in [9.17, 15) is 17.6 Å². The van der Waals surface area contributed by atoms with Crippen LogP contribution in [0.15, 0.2) is 18.2 Å². The van der Waals surface area contributed by atoms with E-state index in [1.54, 1.807) is 17.0 Å². The Labute approximate surface area is 192 Å². The van der Waals surface area contributed by atoms with E-state index in [0.717, 1.165) is 17.8 Å². The first-order chi connectivity index (χ1) is 15.2. The fourth-order valence-corrected chi connectivity index (χ4v) is 5.48. The molecule has 4 rings (SSSR count). The van der Waals surface area contributed by atoms with E-state index in [2.05, 4.69) is 5.32 Å². The molecule has 1 aromatic carbocycles. The van der Waals surface area contributed by atoms with Crippen molar-refractivity contribution < 1.29 is 22.3 Å². The minimum absolute atomic E-state index is 0.190. The van der Waals surface area contributed by atoms with Gasteiger partial charge < -0.3 is 15.0 Å². The zero-order chi connectivity index (χ0) is 22.9. The number of hydrogen-bond donors (Lipinski definition) is 2. The van der Waals surface area contributed by atoms with Gasteiger partial charge in [0.15, 0.2) is 0 Å². The first kappa shape index (κ1) is 23.1. The summed E-state index contributed by atoms with van der Waals surface area (Å²) in [6.45, 7) is 1.78. The van der Waals surface area contributed by atoms with E-state index < -0.39 is 22.1 Å². The van der Waals surface area contributed by atoms with Crippen molar-refractivity contribution in [2.75, 3.05) is 49.1 Å². The molecule has 9 nitrogen and oxygen atoms in total. The molecule has 0 radical (unpaired) electrons. The summed E-state index contributed by atoms with van der Waals surface area (Å²) in [7, 11) is -3.74. The second-order valence-corrected chi connectivity index (χ2v) is 10.4. The SMILES string of the molecule is NS(=O)(=O)N1CCN(c2ccc(N3CC(CNC(=S)C4CCCC4)OC3=O)cc2F)CC1. The van der Waals surface area contributed by atoms with Gasteiger partial charge in [0, 0.05) is 32.1 Å². The van der Waals surface area contributed by atoms with Gasteiger partial charge in [-0.25, -0.2) is 14.3 Å². The van der Waals surface area contributed by atoms with E-state index in [-0.39, 0.29) is 19.2 Å². The van der Waals surface area contributed by atoms with Crippen molar-refractivity contribution in [2.24, 2.45) is 11.1 Å². The third kappa shape index (κ3) is 5.13. The van der Waals surface area contributed by atoms with Crippen molar-refractivity contribution >= 4 is 44.9 Å². The van der Waals surface area contributed by atoms with Gasteiger partial charge in [-0.2, -0.15) is 12.7 Å². The highest BCUT2D eigenvalue weighted by Crippen LogP contribution is 2.29. The molecule has 1 unspecified atom stereocenters. The fraction of sp³-hybridized carbons (Fsp3) is 0.600. The third-order valence-corrected chi connectivity index (χ3v) is 7.85. The van der Waals surface area contributed by atoms with E-state index in [1.165, 1.54) is 28.1 Å². The maximum Gasteiger partial charge on any atom is 0.414 e. The number of hydrogen-bond acceptors (Lipinski definition) is 6. The number of nitrogens with zero attached hydrogens (tertiary/aromatic N) is 3. The van der Waals surface area contributed by atoms with Gasteiger partial charge in [0.25, 0.3) is 10.2 Å². The van der Waals surface area contributed by atoms with Crippen molar-refractivity contribution in [2.45, 2.75) is 31.8 Å². The molecule has 1 aromatic rings. The molecule has 1 amide bonds. The van der Waals surface area contributed by atoms with Gasteiger partial charge in [0.05, 0.1) is 29.5 Å². The molecule has 0 bridgehead atoms. The zero-order valence-electron chi connectivity index (χ0n) is 17.7. The fourth-order valence-electron chi connectivity index (χ4n) is 4.49. The summed E-state index contributed by atoms with van der Waals surface area (Å²) in [4.78, 5) is 16.4. The average Bonchev–Trinajstić information content (AvgIpc) is 3.41. The number of nitrogens with two attached hydrogens (primary N) is 1. The number of ether oxygens (including phenoxy) is 1. The Hall–Kier alpha value is -2.02. The number of benzene rings is 1. The number of anilines is 2. The van der Waals surface area contributed by atoms with Crippen LogP contribution in [0, 0.1) is 11.7 Å². The molecule has 3 aliphatic rings. The van der Waals surface area contributed by atoms with Crippen molar-refractivity contribution in [1.29, 1.82) is 0 Å². The Kier molecular flexibility index (Phi) is 6.84. The molecule has 32 heavy (non-hydrogen) atoms. The largest absolute Gasteiger partial charge is 0.442 e. The predicted molar refractivity (Wildman–Crippen MR) is 123 cm³/mol. The molecule has 1 saturated carbocycles. The Morgan fingerprint density at radius 3 is 2.53 bits per heavy atom. The molecule has 3 fully saturated rings. The standard InChI is InChI=1S/C20H28FN5O4S2/c21-17-11-15(5-6-18(17)24-7-9-25(10-8-24)32(22,28)29)26-13-16(30-20(26)27)12-23-19(31)14-3-1-2-4-14/h5-6,11,14,16H,1-4,7-10,12-13H2,(H,23,31)(H2,22,28,29). The Morgan fingerprint density at radius 1 is 1.22 bits per heavy atom. The second kappa shape index (κ2) is 9.46. The Balaban J connectivity index is 1.34. The molecule has 1 aliphatic carbocycles. The lowest BCUT2D eigenvalue weighted by molar-refractivity contribution is 0.142. The van der Waals surface area contributed by atoms with E-state index in [4.69, 9.17) is 22.1 Å². The minimum Gasteiger partial charge on any atom is -0.442 e. The number of carbonyl (C=O) groups is 1. The van der Waals surface area contributed by atoms with Crippen LogP contribution in [0.2, 0.25) is 0 Å². The number of nitrogens with one attached hydrogen (secondary N) is 1. The maximum atomic E-state index is 14.9. The van der Waals surface area contributed by atoms with Gasteiger partial charge in [0.2, 0.25) is 0 Å². The Bertz CT molecular complexity index is 978. The maximum absolute atomic E-state index is 14.9. The second-order valence-electron chi connectivity index (χ2n) is 8.41. The summed E-state index contributed by atoms with van der Waals surface area (Å²) in [5.41, 5.74) is 0.774. The third-order valence-electron chi connectivity index (χ3n) is 6.29. The van der Waals surface area contributed by atoms with E-state index in [0.29, 0.717) is 43.5 Å². The molecule has 2 saturated heterocycles. The van der Waals surface area contributed by atoms with Crippen molar-refractivity contribution in [3.63, 3.8) is 0 Å². The van der Waals surface area contributed by atoms with Gasteiger partial charge in [-0.1, -0.05) is 25.1 Å². The zero-order valence-corrected chi connectivity index (χ0v) is 19.3. The smallest absolute Gasteiger partial charge is 0.414 e. The van der Waals surface area contributed by atoms with Crippen LogP contribution in [-0.4, -0.2) is 69.2 Å². The van der Waals surface area contributed by atoms with Crippen molar-refractivity contribution in [1.82, 2.24) is 9.62 Å². The quantitative estimate of drug-likeness (QED) is 0.589. The van der Waals surface area contributed by atoms with Gasteiger partial charge >= 0.3 is 6.09 Å². The van der Waals surface area contributed by atoms with Crippen LogP contribution in [0.5, 0.6) is 0 Å². The molecule has 3 N–H and O–H groups in total. The number of rotatable bonds is 6. The number of cyclic esters (lactones) is 1. The van der Waals surface area contributed by atoms with Crippen LogP contribution >= 0.6 is 12.2 Å². The lowest BCUT2D eigenvalue weighted by Gasteiger charge is -2.34. The summed E-state index contributed by atoms with van der Waals surface area (Å²) in [6.07, 6.45) is 3.72. The number of thiocarbonyl (C=S) groups is 1. The number of piperazine rings is 1. The number of amides is 1. The summed E-state index contributed by atoms with van der Waals surface area (Å²) in [5, 5.41) is 8.38. The Morgan fingerprint density at radius 2 is 1.91 bits per heavy atom. The highest BCUT2D eigenvalue weighted by Gasteiger charge is 2.33. The van der Waals surface area contributed by atoms with Gasteiger partial charge in [-0.3, -0.25) is 4.90 Å². The summed E-state index contributed by atoms with van der Waals surface area (Å²) >= 11 is 5.46. The molecular weight excluding hydrogens is 457 g/mol. The summed E-state index contributed by atoms with van der Waals surface area (Å²) < 4.78 is 44.4. The molecule has 2 heterocycles. The van der Waals surface area contributed by atoms with Crippen LogP contribution in [0.3, 0.4) is 0 Å². The lowest BCUT2D eigenvalue weighted by Crippen LogP contribution is -2.50. The van der Waals surface area contributed by atoms with Crippen LogP contribution in [0.25, 0.3) is 0 Å². The predicted octanol–water partition coefficient (Wildman–Crippen LogP) is 1.58. The average molecular weight is 486 g/mol. The van der Waals surface area contributed by atoms with Crippen molar-refractivity contribution in [3.8, 4) is 0 Å². The first-order valence-electron chi connectivity index (χ1n) is 10.8. The van der Waals surface area contributed by atoms with Crippen LogP contribution in [0.1, 0.15) is 25.7 Å². The van der Waals surface area contributed by atoms with Crippen molar-refractivity contribution in [3.05, 3.63) is 24.0 Å². The van der Waals surface area contributed by atoms with Gasteiger partial charge in [-0.15, -0.1) is 0 Å². The van der Waals surface area contributed by atoms with E-state index >= 15 is 0 Å². The highest BCUT2D eigenvalue weighted by atomic mass is 32.2. The monoisotopic (exact) mass is 485 g/mol. The summed E-state index contributed by atoms with van der Waals surface area (Å²) in [6, 6.07) is 4.58. The van der Waals surface area contributed by atoms with Crippen LogP contribution in [-0.2, 0) is 14.9 Å². The lowest BCUT2D eigenvalue weighted by atomic mass is 10.1. The molecule has 0 spiro atoms. The molecule has 12 heteroatoms.